The van der Waals surface area contributed by atoms with Crippen molar-refractivity contribution in [1.82, 2.24) is 0 Å². The van der Waals surface area contributed by atoms with Crippen LogP contribution in [0.2, 0.25) is 0 Å². The molecule has 0 aromatic heterocycles. The van der Waals surface area contributed by atoms with E-state index in [-0.39, 0.29) is 41.4 Å². The highest BCUT2D eigenvalue weighted by Gasteiger charge is 2.63. The third kappa shape index (κ3) is 2.36. The van der Waals surface area contributed by atoms with Crippen LogP contribution in [0.5, 0.6) is 0 Å². The first kappa shape index (κ1) is 16.8. The van der Waals surface area contributed by atoms with Gasteiger partial charge in [0.2, 0.25) is 0 Å². The predicted molar refractivity (Wildman–Crippen MR) is 98.9 cm³/mol. The van der Waals surface area contributed by atoms with Crippen molar-refractivity contribution in [3.63, 3.8) is 0 Å². The molecule has 3 fully saturated rings. The molecule has 0 spiro atoms. The molecule has 27 heavy (non-hydrogen) atoms. The van der Waals surface area contributed by atoms with Crippen LogP contribution in [0.1, 0.15) is 35.4 Å². The first-order valence-electron chi connectivity index (χ1n) is 9.55. The largest absolute Gasteiger partial charge is 0.373 e. The Labute approximate surface area is 157 Å². The maximum atomic E-state index is 13.2. The van der Waals surface area contributed by atoms with Crippen molar-refractivity contribution >= 4 is 11.6 Å². The number of halogens is 1. The number of carbonyl (C=O) groups is 2. The summed E-state index contributed by atoms with van der Waals surface area (Å²) < 4.78 is 19.1. The Kier molecular flexibility index (Phi) is 3.63. The maximum absolute atomic E-state index is 13.2. The molecule has 0 N–H and O–H groups in total. The zero-order valence-electron chi connectivity index (χ0n) is 15.4. The number of carbonyl (C=O) groups excluding carboxylic acids is 2. The highest BCUT2D eigenvalue weighted by atomic mass is 19.1. The first-order valence-corrected chi connectivity index (χ1v) is 9.55. The molecule has 3 aliphatic rings. The zero-order valence-corrected chi connectivity index (χ0v) is 15.4. The second-order valence-corrected chi connectivity index (χ2v) is 8.11. The van der Waals surface area contributed by atoms with Gasteiger partial charge in [0.15, 0.2) is 11.6 Å². The monoisotopic (exact) mass is 364 g/mol. The minimum Gasteiger partial charge on any atom is -0.373 e. The fraction of sp³-hybridized carbons (Fsp3) is 0.391. The quantitative estimate of drug-likeness (QED) is 0.753. The van der Waals surface area contributed by atoms with Crippen LogP contribution in [0.4, 0.5) is 4.39 Å². The van der Waals surface area contributed by atoms with E-state index in [2.05, 4.69) is 0 Å². The van der Waals surface area contributed by atoms with E-state index in [0.29, 0.717) is 0 Å². The average molecular weight is 364 g/mol. The summed E-state index contributed by atoms with van der Waals surface area (Å²) in [7, 11) is 0. The number of Topliss-reactive ketones (excluding diaryl/α,β-unsaturated/α-hetero) is 2. The van der Waals surface area contributed by atoms with Crippen molar-refractivity contribution in [2.45, 2.75) is 44.8 Å². The van der Waals surface area contributed by atoms with Crippen molar-refractivity contribution in [2.24, 2.45) is 11.8 Å². The van der Waals surface area contributed by atoms with Crippen LogP contribution in [0.3, 0.4) is 0 Å². The minimum absolute atomic E-state index is 0.0398. The topological polar surface area (TPSA) is 43.4 Å². The zero-order chi connectivity index (χ0) is 18.9. The van der Waals surface area contributed by atoms with E-state index in [0.717, 1.165) is 40.7 Å². The van der Waals surface area contributed by atoms with Gasteiger partial charge in [-0.2, -0.15) is 0 Å². The lowest BCUT2D eigenvalue weighted by molar-refractivity contribution is -0.127. The number of aryl methyl sites for hydroxylation is 2. The van der Waals surface area contributed by atoms with Gasteiger partial charge in [-0.3, -0.25) is 9.59 Å². The van der Waals surface area contributed by atoms with E-state index in [4.69, 9.17) is 4.74 Å². The Hall–Kier alpha value is -2.33. The molecule has 0 amide bonds. The molecule has 1 aliphatic carbocycles. The molecule has 4 heteroatoms. The molecule has 2 heterocycles. The van der Waals surface area contributed by atoms with Crippen LogP contribution in [-0.4, -0.2) is 23.8 Å². The number of hydrogen-bond donors (Lipinski definition) is 0. The third-order valence-corrected chi connectivity index (χ3v) is 6.56. The van der Waals surface area contributed by atoms with Gasteiger partial charge in [-0.25, -0.2) is 4.39 Å². The Bertz CT molecular complexity index is 911. The van der Waals surface area contributed by atoms with Crippen LogP contribution in [-0.2, 0) is 14.3 Å². The van der Waals surface area contributed by atoms with Gasteiger partial charge >= 0.3 is 0 Å². The van der Waals surface area contributed by atoms with E-state index in [1.165, 1.54) is 12.1 Å². The summed E-state index contributed by atoms with van der Waals surface area (Å²) >= 11 is 0. The SMILES string of the molecule is Cc1cc(-c2ccc(F)cc2)cc(C)c1C1C(=O)[C@@H]2[C@H](C1=O)[C@H]1CC[C@@H]2O1. The second kappa shape index (κ2) is 5.83. The number of ketones is 2. The van der Waals surface area contributed by atoms with Gasteiger partial charge < -0.3 is 4.74 Å². The molecule has 2 aromatic rings. The number of ether oxygens (including phenoxy) is 1. The van der Waals surface area contributed by atoms with Gasteiger partial charge in [0.1, 0.15) is 11.7 Å². The molecule has 138 valence electrons. The van der Waals surface area contributed by atoms with Crippen molar-refractivity contribution in [1.29, 1.82) is 0 Å². The normalized spacial score (nSPS) is 31.6. The van der Waals surface area contributed by atoms with Gasteiger partial charge in [0.25, 0.3) is 0 Å². The molecule has 0 radical (unpaired) electrons. The standard InChI is InChI=1S/C23H21FO3/c1-11-9-14(13-3-5-15(24)6-4-13)10-12(2)18(11)21-22(25)19-16-7-8-17(27-16)20(19)23(21)26/h3-6,9-10,16-17,19-21H,7-8H2,1-2H3/t16-,17+,19-,20+,21?. The number of hydrogen-bond acceptors (Lipinski definition) is 3. The van der Waals surface area contributed by atoms with E-state index < -0.39 is 5.92 Å². The van der Waals surface area contributed by atoms with Crippen LogP contribution in [0.25, 0.3) is 11.1 Å². The molecule has 2 aliphatic heterocycles. The molecule has 5 atom stereocenters. The third-order valence-electron chi connectivity index (χ3n) is 6.56. The van der Waals surface area contributed by atoms with Gasteiger partial charge in [0, 0.05) is 0 Å². The lowest BCUT2D eigenvalue weighted by Gasteiger charge is -2.18. The van der Waals surface area contributed by atoms with Crippen LogP contribution >= 0.6 is 0 Å². The molecule has 2 aromatic carbocycles. The van der Waals surface area contributed by atoms with E-state index in [9.17, 15) is 14.0 Å². The summed E-state index contributed by atoms with van der Waals surface area (Å²) in [5.41, 5.74) is 4.62. The number of rotatable bonds is 2. The second-order valence-electron chi connectivity index (χ2n) is 8.11. The average Bonchev–Trinajstić information content (AvgIpc) is 3.31. The van der Waals surface area contributed by atoms with Crippen LogP contribution in [0.15, 0.2) is 36.4 Å². The van der Waals surface area contributed by atoms with Gasteiger partial charge in [-0.1, -0.05) is 24.3 Å². The molecular formula is C23H21FO3. The molecule has 1 saturated carbocycles. The Morgan fingerprint density at radius 1 is 0.852 bits per heavy atom. The molecule has 1 unspecified atom stereocenters. The maximum Gasteiger partial charge on any atom is 0.154 e. The lowest BCUT2D eigenvalue weighted by Crippen LogP contribution is -2.29. The Morgan fingerprint density at radius 3 is 1.89 bits per heavy atom. The Balaban J connectivity index is 1.55. The van der Waals surface area contributed by atoms with Crippen LogP contribution in [0, 0.1) is 31.5 Å². The summed E-state index contributed by atoms with van der Waals surface area (Å²) in [6.45, 7) is 3.91. The fourth-order valence-electron chi connectivity index (χ4n) is 5.45. The number of fused-ring (bicyclic) bond motifs is 5. The van der Waals surface area contributed by atoms with Gasteiger partial charge in [0.05, 0.1) is 24.0 Å². The van der Waals surface area contributed by atoms with Gasteiger partial charge in [-0.05, 0) is 66.6 Å². The molecule has 3 nitrogen and oxygen atoms in total. The van der Waals surface area contributed by atoms with Crippen molar-refractivity contribution in [2.75, 3.05) is 0 Å². The fourth-order valence-corrected chi connectivity index (χ4v) is 5.45. The summed E-state index contributed by atoms with van der Waals surface area (Å²) in [6.07, 6.45) is 1.64. The van der Waals surface area contributed by atoms with E-state index >= 15 is 0 Å². The highest BCUT2D eigenvalue weighted by Crippen LogP contribution is 2.53. The van der Waals surface area contributed by atoms with Crippen molar-refractivity contribution in [3.05, 3.63) is 58.9 Å². The summed E-state index contributed by atoms with van der Waals surface area (Å²) in [6, 6.07) is 10.4. The molecular weight excluding hydrogens is 343 g/mol. The summed E-state index contributed by atoms with van der Waals surface area (Å²) in [4.78, 5) is 26.3. The van der Waals surface area contributed by atoms with Crippen molar-refractivity contribution < 1.29 is 18.7 Å². The van der Waals surface area contributed by atoms with E-state index in [1.54, 1.807) is 12.1 Å². The molecule has 5 rings (SSSR count). The smallest absolute Gasteiger partial charge is 0.154 e. The van der Waals surface area contributed by atoms with E-state index in [1.807, 2.05) is 26.0 Å². The summed E-state index contributed by atoms with van der Waals surface area (Å²) in [5.74, 6) is -1.35. The minimum atomic E-state index is -0.658. The highest BCUT2D eigenvalue weighted by molar-refractivity contribution is 6.17. The predicted octanol–water partition coefficient (Wildman–Crippen LogP) is 4.14. The van der Waals surface area contributed by atoms with Crippen molar-refractivity contribution in [3.8, 4) is 11.1 Å². The first-order chi connectivity index (χ1) is 13.0. The number of benzene rings is 2. The molecule has 2 bridgehead atoms. The Morgan fingerprint density at radius 2 is 1.37 bits per heavy atom. The lowest BCUT2D eigenvalue weighted by atomic mass is 9.81. The molecule has 2 saturated heterocycles. The van der Waals surface area contributed by atoms with Crippen LogP contribution < -0.4 is 0 Å². The van der Waals surface area contributed by atoms with Gasteiger partial charge in [-0.15, -0.1) is 0 Å². The summed E-state index contributed by atoms with van der Waals surface area (Å²) in [5, 5.41) is 0.